The van der Waals surface area contributed by atoms with E-state index in [4.69, 9.17) is 4.74 Å². The summed E-state index contributed by atoms with van der Waals surface area (Å²) in [5, 5.41) is 0.745. The SMILES string of the molecule is O=C1Oc2ccc(Br)cc2C2c3sc(=O)[nH]c3SC(c3ccccc3)C12. The van der Waals surface area contributed by atoms with Gasteiger partial charge < -0.3 is 9.72 Å². The highest BCUT2D eigenvalue weighted by Gasteiger charge is 2.49. The number of halogens is 1. The Morgan fingerprint density at radius 3 is 2.69 bits per heavy atom. The molecule has 3 heterocycles. The Morgan fingerprint density at radius 2 is 1.88 bits per heavy atom. The summed E-state index contributed by atoms with van der Waals surface area (Å²) in [5.41, 5.74) is 2.00. The molecular weight excluding hydrogens is 434 g/mol. The molecule has 3 aromatic rings. The van der Waals surface area contributed by atoms with Gasteiger partial charge in [0.25, 0.3) is 0 Å². The van der Waals surface area contributed by atoms with Crippen LogP contribution in [0.25, 0.3) is 0 Å². The number of hydrogen-bond donors (Lipinski definition) is 1. The molecule has 3 unspecified atom stereocenters. The maximum atomic E-state index is 12.9. The van der Waals surface area contributed by atoms with Crippen LogP contribution in [0.2, 0.25) is 0 Å². The number of benzene rings is 2. The highest BCUT2D eigenvalue weighted by Crippen LogP contribution is 2.58. The Labute approximate surface area is 165 Å². The zero-order valence-corrected chi connectivity index (χ0v) is 16.5. The molecule has 0 fully saturated rings. The van der Waals surface area contributed by atoms with Gasteiger partial charge in [0.05, 0.1) is 16.2 Å². The molecule has 4 nitrogen and oxygen atoms in total. The van der Waals surface area contributed by atoms with Crippen molar-refractivity contribution in [3.05, 3.63) is 78.7 Å². The Bertz CT molecular complexity index is 1080. The number of rotatable bonds is 1. The summed E-state index contributed by atoms with van der Waals surface area (Å²) in [7, 11) is 0. The number of fused-ring (bicyclic) bond motifs is 5. The van der Waals surface area contributed by atoms with E-state index in [2.05, 4.69) is 20.9 Å². The topological polar surface area (TPSA) is 59.2 Å². The van der Waals surface area contributed by atoms with Crippen LogP contribution in [-0.4, -0.2) is 11.0 Å². The quantitative estimate of drug-likeness (QED) is 0.435. The lowest BCUT2D eigenvalue weighted by atomic mass is 9.78. The van der Waals surface area contributed by atoms with Gasteiger partial charge in [0.15, 0.2) is 0 Å². The van der Waals surface area contributed by atoms with Crippen molar-refractivity contribution >= 4 is 45.0 Å². The van der Waals surface area contributed by atoms with E-state index in [1.54, 1.807) is 11.8 Å². The largest absolute Gasteiger partial charge is 0.426 e. The van der Waals surface area contributed by atoms with E-state index in [0.717, 1.165) is 25.5 Å². The number of esters is 1. The molecule has 0 saturated carbocycles. The number of aromatic amines is 1. The van der Waals surface area contributed by atoms with Crippen LogP contribution >= 0.6 is 39.0 Å². The van der Waals surface area contributed by atoms with Crippen molar-refractivity contribution in [2.45, 2.75) is 16.2 Å². The maximum absolute atomic E-state index is 12.9. The number of thiazole rings is 1. The van der Waals surface area contributed by atoms with E-state index in [0.29, 0.717) is 5.75 Å². The standard InChI is InChI=1S/C19H12BrNO3S2/c20-10-6-7-12-11(8-10)13-14(18(22)24-12)15(9-4-2-1-3-5-9)25-17-16(13)26-19(23)21-17/h1-8,13-15H,(H,21,23). The first-order chi connectivity index (χ1) is 12.6. The minimum absolute atomic E-state index is 0.0922. The van der Waals surface area contributed by atoms with Crippen LogP contribution in [0.3, 0.4) is 0 Å². The Kier molecular flexibility index (Phi) is 3.84. The lowest BCUT2D eigenvalue weighted by molar-refractivity contribution is -0.140. The van der Waals surface area contributed by atoms with Gasteiger partial charge in [0.1, 0.15) is 5.75 Å². The van der Waals surface area contributed by atoms with Gasteiger partial charge in [-0.15, -0.1) is 0 Å². The number of nitrogens with one attached hydrogen (secondary N) is 1. The molecule has 2 aromatic carbocycles. The monoisotopic (exact) mass is 445 g/mol. The minimum atomic E-state index is -0.372. The van der Waals surface area contributed by atoms with E-state index in [9.17, 15) is 9.59 Å². The molecular formula is C19H12BrNO3S2. The molecule has 5 rings (SSSR count). The zero-order valence-electron chi connectivity index (χ0n) is 13.3. The highest BCUT2D eigenvalue weighted by atomic mass is 79.9. The van der Waals surface area contributed by atoms with E-state index < -0.39 is 0 Å². The van der Waals surface area contributed by atoms with Crippen LogP contribution in [0.15, 0.2) is 62.8 Å². The highest BCUT2D eigenvalue weighted by molar-refractivity contribution is 9.10. The predicted molar refractivity (Wildman–Crippen MR) is 105 cm³/mol. The molecule has 1 aromatic heterocycles. The second-order valence-electron chi connectivity index (χ2n) is 6.26. The van der Waals surface area contributed by atoms with Crippen molar-refractivity contribution < 1.29 is 9.53 Å². The summed E-state index contributed by atoms with van der Waals surface area (Å²) in [6.45, 7) is 0. The molecule has 0 saturated heterocycles. The van der Waals surface area contributed by atoms with Crippen LogP contribution in [0.1, 0.15) is 27.2 Å². The molecule has 0 amide bonds. The molecule has 26 heavy (non-hydrogen) atoms. The fraction of sp³-hybridized carbons (Fsp3) is 0.158. The Morgan fingerprint density at radius 1 is 1.08 bits per heavy atom. The van der Waals surface area contributed by atoms with Crippen molar-refractivity contribution in [2.24, 2.45) is 5.92 Å². The second kappa shape index (κ2) is 6.11. The van der Waals surface area contributed by atoms with Gasteiger partial charge in [-0.25, -0.2) is 0 Å². The fourth-order valence-electron chi connectivity index (χ4n) is 3.70. The van der Waals surface area contributed by atoms with Gasteiger partial charge >= 0.3 is 10.8 Å². The van der Waals surface area contributed by atoms with Crippen LogP contribution in [0.5, 0.6) is 5.75 Å². The number of thioether (sulfide) groups is 1. The minimum Gasteiger partial charge on any atom is -0.426 e. The molecule has 1 N–H and O–H groups in total. The first-order valence-corrected chi connectivity index (χ1v) is 10.6. The third-order valence-corrected chi connectivity index (χ3v) is 7.74. The van der Waals surface area contributed by atoms with Gasteiger partial charge in [-0.1, -0.05) is 69.4 Å². The average molecular weight is 446 g/mol. The number of carbonyl (C=O) groups is 1. The lowest BCUT2D eigenvalue weighted by Gasteiger charge is -2.39. The normalized spacial score (nSPS) is 23.6. The molecule has 0 radical (unpaired) electrons. The van der Waals surface area contributed by atoms with E-state index in [1.807, 2.05) is 48.5 Å². The van der Waals surface area contributed by atoms with E-state index >= 15 is 0 Å². The third kappa shape index (κ3) is 2.49. The van der Waals surface area contributed by atoms with E-state index in [1.165, 1.54) is 11.3 Å². The maximum Gasteiger partial charge on any atom is 0.316 e. The molecule has 2 aliphatic rings. The lowest BCUT2D eigenvalue weighted by Crippen LogP contribution is -2.37. The Hall–Kier alpha value is -1.83. The molecule has 0 aliphatic carbocycles. The second-order valence-corrected chi connectivity index (χ2v) is 9.35. The summed E-state index contributed by atoms with van der Waals surface area (Å²) in [4.78, 5) is 28.8. The summed E-state index contributed by atoms with van der Waals surface area (Å²) in [6, 6.07) is 15.6. The van der Waals surface area contributed by atoms with Crippen molar-refractivity contribution in [1.29, 1.82) is 0 Å². The smallest absolute Gasteiger partial charge is 0.316 e. The molecule has 7 heteroatoms. The summed E-state index contributed by atoms with van der Waals surface area (Å²) >= 11 is 6.25. The van der Waals surface area contributed by atoms with Crippen LogP contribution in [0, 0.1) is 5.92 Å². The molecule has 0 bridgehead atoms. The van der Waals surface area contributed by atoms with Crippen LogP contribution in [-0.2, 0) is 4.79 Å². The van der Waals surface area contributed by atoms with Crippen molar-refractivity contribution in [2.75, 3.05) is 0 Å². The zero-order chi connectivity index (χ0) is 17.8. The van der Waals surface area contributed by atoms with E-state index in [-0.39, 0.29) is 27.9 Å². The molecule has 2 aliphatic heterocycles. The van der Waals surface area contributed by atoms with Crippen LogP contribution < -0.4 is 9.61 Å². The predicted octanol–water partition coefficient (Wildman–Crippen LogP) is 4.71. The van der Waals surface area contributed by atoms with Crippen molar-refractivity contribution in [3.8, 4) is 5.75 Å². The van der Waals surface area contributed by atoms with Gasteiger partial charge in [-0.3, -0.25) is 9.59 Å². The Balaban J connectivity index is 1.76. The molecule has 0 spiro atoms. The number of carbonyl (C=O) groups excluding carboxylic acids is 1. The summed E-state index contributed by atoms with van der Waals surface area (Å²) < 4.78 is 6.60. The van der Waals surface area contributed by atoms with Gasteiger partial charge in [0.2, 0.25) is 0 Å². The number of ether oxygens (including phenoxy) is 1. The summed E-state index contributed by atoms with van der Waals surface area (Å²) in [5.74, 6) is -0.222. The molecule has 3 atom stereocenters. The third-order valence-electron chi connectivity index (χ3n) is 4.77. The first kappa shape index (κ1) is 16.4. The van der Waals surface area contributed by atoms with Crippen molar-refractivity contribution in [1.82, 2.24) is 4.98 Å². The first-order valence-electron chi connectivity index (χ1n) is 8.07. The fourth-order valence-corrected chi connectivity index (χ4v) is 6.67. The summed E-state index contributed by atoms with van der Waals surface area (Å²) in [6.07, 6.45) is 0. The number of H-pyrrole nitrogens is 1. The number of aromatic nitrogens is 1. The van der Waals surface area contributed by atoms with Crippen molar-refractivity contribution in [3.63, 3.8) is 0 Å². The van der Waals surface area contributed by atoms with Gasteiger partial charge in [-0.05, 0) is 23.8 Å². The molecule has 130 valence electrons. The average Bonchev–Trinajstić information content (AvgIpc) is 3.02. The van der Waals surface area contributed by atoms with Gasteiger partial charge in [-0.2, -0.15) is 0 Å². The number of hydrogen-bond acceptors (Lipinski definition) is 5. The van der Waals surface area contributed by atoms with Gasteiger partial charge in [0, 0.05) is 20.8 Å². The van der Waals surface area contributed by atoms with Crippen LogP contribution in [0.4, 0.5) is 0 Å².